The van der Waals surface area contributed by atoms with E-state index in [1.165, 1.54) is 7.05 Å². The van der Waals surface area contributed by atoms with Gasteiger partial charge in [-0.2, -0.15) is 0 Å². The van der Waals surface area contributed by atoms with E-state index in [1.807, 2.05) is 53.1 Å². The van der Waals surface area contributed by atoms with Gasteiger partial charge in [0.15, 0.2) is 5.69 Å². The molecule has 0 saturated carbocycles. The summed E-state index contributed by atoms with van der Waals surface area (Å²) in [6, 6.07) is 21.0. The number of para-hydroxylation sites is 1. The normalized spacial score (nSPS) is 13.0. The molecule has 1 aliphatic heterocycles. The van der Waals surface area contributed by atoms with Gasteiger partial charge in [0.25, 0.3) is 11.8 Å². The van der Waals surface area contributed by atoms with Crippen molar-refractivity contribution in [3.63, 3.8) is 0 Å². The molecule has 0 unspecified atom stereocenters. The first kappa shape index (κ1) is 19.0. The summed E-state index contributed by atoms with van der Waals surface area (Å²) in [6.45, 7) is 7.61. The molecule has 0 fully saturated rings. The minimum Gasteiger partial charge on any atom is -0.308 e. The minimum atomic E-state index is -0.310. The van der Waals surface area contributed by atoms with Gasteiger partial charge in [-0.05, 0) is 35.9 Å². The van der Waals surface area contributed by atoms with Crippen LogP contribution in [-0.2, 0) is 0 Å². The Balaban J connectivity index is 1.77. The molecule has 0 bridgehead atoms. The number of rotatable bonds is 2. The maximum atomic E-state index is 13.0. The zero-order valence-corrected chi connectivity index (χ0v) is 17.6. The number of amides is 2. The third-order valence-electron chi connectivity index (χ3n) is 6.24. The molecule has 6 heteroatoms. The molecule has 2 amide bonds. The summed E-state index contributed by atoms with van der Waals surface area (Å²) in [5.41, 5.74) is 5.45. The van der Waals surface area contributed by atoms with Crippen molar-refractivity contribution in [3.8, 4) is 16.8 Å². The SMILES string of the molecule is [C-]#[N+]c1ccncc1-c1cccc2c1c1ccccc1n2-c1cccc2c1C(=O)N(C)C2=O. The smallest absolute Gasteiger partial charge is 0.263 e. The number of fused-ring (bicyclic) bond motifs is 4. The maximum absolute atomic E-state index is 13.0. The first-order valence-corrected chi connectivity index (χ1v) is 10.4. The lowest BCUT2D eigenvalue weighted by Crippen LogP contribution is -2.24. The minimum absolute atomic E-state index is 0.296. The average Bonchev–Trinajstić information content (AvgIpc) is 3.31. The van der Waals surface area contributed by atoms with Crippen molar-refractivity contribution in [2.75, 3.05) is 7.05 Å². The third-order valence-corrected chi connectivity index (χ3v) is 6.24. The fourth-order valence-corrected chi connectivity index (χ4v) is 4.77. The Bertz CT molecular complexity index is 1690. The Morgan fingerprint density at radius 3 is 2.42 bits per heavy atom. The van der Waals surface area contributed by atoms with Crippen LogP contribution in [0.15, 0.2) is 79.1 Å². The molecule has 156 valence electrons. The summed E-state index contributed by atoms with van der Waals surface area (Å²) in [5.74, 6) is -0.606. The van der Waals surface area contributed by atoms with Gasteiger partial charge in [-0.15, -0.1) is 0 Å². The van der Waals surface area contributed by atoms with Crippen LogP contribution < -0.4 is 0 Å². The number of carbonyl (C=O) groups is 2. The van der Waals surface area contributed by atoms with Crippen LogP contribution in [-0.4, -0.2) is 33.3 Å². The van der Waals surface area contributed by atoms with Crippen molar-refractivity contribution in [1.82, 2.24) is 14.5 Å². The second-order valence-corrected chi connectivity index (χ2v) is 7.93. The van der Waals surface area contributed by atoms with Crippen molar-refractivity contribution in [3.05, 3.63) is 102 Å². The van der Waals surface area contributed by atoms with Crippen molar-refractivity contribution >= 4 is 39.3 Å². The van der Waals surface area contributed by atoms with Crippen molar-refractivity contribution < 1.29 is 9.59 Å². The standard InChI is InChI=1S/C27H16N4O2/c1-28-20-13-14-29-15-19(20)16-8-5-11-22-24(16)17-7-3-4-10-21(17)31(22)23-12-6-9-18-25(23)27(33)30(2)26(18)32/h3-15H,2H3. The Labute approximate surface area is 189 Å². The Kier molecular flexibility index (Phi) is 3.95. The van der Waals surface area contributed by atoms with E-state index in [0.717, 1.165) is 37.8 Å². The van der Waals surface area contributed by atoms with Crippen LogP contribution in [0.2, 0.25) is 0 Å². The van der Waals surface area contributed by atoms with Crippen LogP contribution in [0.5, 0.6) is 0 Å². The molecule has 6 rings (SSSR count). The highest BCUT2D eigenvalue weighted by Gasteiger charge is 2.35. The molecule has 0 spiro atoms. The number of aromatic nitrogens is 2. The molecular formula is C27H16N4O2. The number of hydrogen-bond acceptors (Lipinski definition) is 3. The summed E-state index contributed by atoms with van der Waals surface area (Å²) in [4.78, 5) is 34.7. The molecule has 2 aromatic heterocycles. The summed E-state index contributed by atoms with van der Waals surface area (Å²) in [7, 11) is 1.51. The highest BCUT2D eigenvalue weighted by Crippen LogP contribution is 2.42. The van der Waals surface area contributed by atoms with E-state index in [1.54, 1.807) is 30.6 Å². The van der Waals surface area contributed by atoms with Crippen molar-refractivity contribution in [2.24, 2.45) is 0 Å². The van der Waals surface area contributed by atoms with E-state index in [9.17, 15) is 9.59 Å². The molecule has 0 saturated heterocycles. The fraction of sp³-hybridized carbons (Fsp3) is 0.0370. The lowest BCUT2D eigenvalue weighted by atomic mass is 9.99. The molecule has 0 atom stereocenters. The van der Waals surface area contributed by atoms with E-state index in [2.05, 4.69) is 9.83 Å². The number of imide groups is 1. The molecule has 5 aromatic rings. The number of benzene rings is 3. The van der Waals surface area contributed by atoms with Crippen LogP contribution in [0.1, 0.15) is 20.7 Å². The summed E-state index contributed by atoms with van der Waals surface area (Å²) >= 11 is 0. The Hall–Kier alpha value is -4.76. The third kappa shape index (κ3) is 2.50. The molecule has 6 nitrogen and oxygen atoms in total. The molecule has 3 heterocycles. The molecule has 0 aliphatic carbocycles. The topological polar surface area (TPSA) is 59.6 Å². The molecule has 1 aliphatic rings. The van der Waals surface area contributed by atoms with Gasteiger partial charge in [0.2, 0.25) is 0 Å². The molecule has 0 radical (unpaired) electrons. The highest BCUT2D eigenvalue weighted by atomic mass is 16.2. The van der Waals surface area contributed by atoms with Gasteiger partial charge in [0, 0.05) is 35.8 Å². The van der Waals surface area contributed by atoms with Crippen LogP contribution in [0, 0.1) is 6.57 Å². The van der Waals surface area contributed by atoms with E-state index >= 15 is 0 Å². The van der Waals surface area contributed by atoms with E-state index in [4.69, 9.17) is 6.57 Å². The fourth-order valence-electron chi connectivity index (χ4n) is 4.77. The first-order chi connectivity index (χ1) is 16.1. The molecular weight excluding hydrogens is 412 g/mol. The van der Waals surface area contributed by atoms with Crippen LogP contribution in [0.25, 0.3) is 43.5 Å². The monoisotopic (exact) mass is 428 g/mol. The predicted octanol–water partition coefficient (Wildman–Crippen LogP) is 5.62. The lowest BCUT2D eigenvalue weighted by molar-refractivity contribution is 0.0693. The number of pyridine rings is 1. The van der Waals surface area contributed by atoms with E-state index in [0.29, 0.717) is 22.5 Å². The van der Waals surface area contributed by atoms with Gasteiger partial charge >= 0.3 is 0 Å². The Morgan fingerprint density at radius 1 is 0.818 bits per heavy atom. The van der Waals surface area contributed by atoms with Gasteiger partial charge in [0.1, 0.15) is 0 Å². The zero-order valence-electron chi connectivity index (χ0n) is 17.6. The van der Waals surface area contributed by atoms with Crippen molar-refractivity contribution in [1.29, 1.82) is 0 Å². The molecule has 0 N–H and O–H groups in total. The lowest BCUT2D eigenvalue weighted by Gasteiger charge is -2.12. The van der Waals surface area contributed by atoms with Gasteiger partial charge in [-0.25, -0.2) is 4.85 Å². The van der Waals surface area contributed by atoms with Gasteiger partial charge in [-0.3, -0.25) is 19.5 Å². The number of hydrogen-bond donors (Lipinski definition) is 0. The van der Waals surface area contributed by atoms with Gasteiger partial charge in [-0.1, -0.05) is 36.4 Å². The summed E-state index contributed by atoms with van der Waals surface area (Å²) in [6.07, 6.45) is 3.33. The van der Waals surface area contributed by atoms with E-state index in [-0.39, 0.29) is 11.8 Å². The molecule has 33 heavy (non-hydrogen) atoms. The van der Waals surface area contributed by atoms with E-state index < -0.39 is 0 Å². The second kappa shape index (κ2) is 6.87. The number of nitrogens with zero attached hydrogens (tertiary/aromatic N) is 4. The molecule has 3 aromatic carbocycles. The quantitative estimate of drug-likeness (QED) is 0.271. The second-order valence-electron chi connectivity index (χ2n) is 7.93. The van der Waals surface area contributed by atoms with Crippen LogP contribution in [0.3, 0.4) is 0 Å². The predicted molar refractivity (Wildman–Crippen MR) is 127 cm³/mol. The average molecular weight is 428 g/mol. The maximum Gasteiger partial charge on any atom is 0.263 e. The van der Waals surface area contributed by atoms with Gasteiger partial charge < -0.3 is 4.57 Å². The first-order valence-electron chi connectivity index (χ1n) is 10.4. The largest absolute Gasteiger partial charge is 0.308 e. The highest BCUT2D eigenvalue weighted by molar-refractivity contribution is 6.24. The zero-order chi connectivity index (χ0) is 22.7. The van der Waals surface area contributed by atoms with Gasteiger partial charge in [0.05, 0.1) is 34.4 Å². The Morgan fingerprint density at radius 2 is 1.58 bits per heavy atom. The summed E-state index contributed by atoms with van der Waals surface area (Å²) < 4.78 is 2.03. The number of carbonyl (C=O) groups excluding carboxylic acids is 2. The van der Waals surface area contributed by atoms with Crippen LogP contribution >= 0.6 is 0 Å². The summed E-state index contributed by atoms with van der Waals surface area (Å²) in [5, 5.41) is 1.96. The van der Waals surface area contributed by atoms with Crippen LogP contribution in [0.4, 0.5) is 5.69 Å². The van der Waals surface area contributed by atoms with Crippen molar-refractivity contribution in [2.45, 2.75) is 0 Å².